The first-order valence-electron chi connectivity index (χ1n) is 8.92. The molecule has 1 unspecified atom stereocenters. The van der Waals surface area contributed by atoms with Crippen LogP contribution in [0.1, 0.15) is 25.7 Å². The molecule has 0 saturated carbocycles. The van der Waals surface area contributed by atoms with Crippen molar-refractivity contribution >= 4 is 11.4 Å². The Morgan fingerprint density at radius 1 is 1.08 bits per heavy atom. The Bertz CT molecular complexity index is 747. The van der Waals surface area contributed by atoms with Gasteiger partial charge in [0.25, 0.3) is 10.9 Å². The third-order valence-corrected chi connectivity index (χ3v) is 4.67. The van der Waals surface area contributed by atoms with Crippen LogP contribution in [0.4, 0.5) is 11.4 Å². The number of likely N-dealkylation sites (tertiary alicyclic amines) is 1. The maximum absolute atomic E-state index is 11.5. The minimum atomic E-state index is -0.590. The number of anilines is 2. The number of nitrogen functional groups attached to an aromatic ring is 1. The third kappa shape index (κ3) is 4.39. The van der Waals surface area contributed by atoms with E-state index < -0.39 is 10.9 Å². The summed E-state index contributed by atoms with van der Waals surface area (Å²) in [6.45, 7) is 3.61. The van der Waals surface area contributed by atoms with E-state index in [9.17, 15) is 9.59 Å². The van der Waals surface area contributed by atoms with Crippen molar-refractivity contribution in [2.45, 2.75) is 31.8 Å². The third-order valence-electron chi connectivity index (χ3n) is 4.67. The van der Waals surface area contributed by atoms with Crippen molar-refractivity contribution in [2.24, 2.45) is 0 Å². The first-order valence-corrected chi connectivity index (χ1v) is 8.92. The van der Waals surface area contributed by atoms with E-state index in [0.717, 1.165) is 31.8 Å². The highest BCUT2D eigenvalue weighted by atomic mass is 16.5. The summed E-state index contributed by atoms with van der Waals surface area (Å²) in [6.07, 6.45) is 4.50. The van der Waals surface area contributed by atoms with Crippen LogP contribution in [-0.2, 0) is 0 Å². The van der Waals surface area contributed by atoms with Gasteiger partial charge in [-0.3, -0.25) is 14.5 Å². The van der Waals surface area contributed by atoms with Gasteiger partial charge in [-0.05, 0) is 38.1 Å². The van der Waals surface area contributed by atoms with E-state index in [1.807, 2.05) is 30.3 Å². The van der Waals surface area contributed by atoms with Gasteiger partial charge in [0, 0.05) is 19.5 Å². The van der Waals surface area contributed by atoms with Crippen LogP contribution in [0.25, 0.3) is 0 Å². The quantitative estimate of drug-likeness (QED) is 0.708. The molecule has 3 N–H and O–H groups in total. The predicted octanol–water partition coefficient (Wildman–Crippen LogP) is 1.60. The van der Waals surface area contributed by atoms with Gasteiger partial charge in [-0.15, -0.1) is 0 Å². The van der Waals surface area contributed by atoms with Crippen molar-refractivity contribution in [3.8, 4) is 5.75 Å². The number of piperidine rings is 1. The number of nitrogens with one attached hydrogen (secondary N) is 1. The van der Waals surface area contributed by atoms with Crippen molar-refractivity contribution in [3.05, 3.63) is 50.8 Å². The van der Waals surface area contributed by atoms with Crippen LogP contribution < -0.4 is 26.6 Å². The van der Waals surface area contributed by atoms with Gasteiger partial charge >= 0.3 is 0 Å². The SMILES string of the molecule is Nc1c(NCCC(CN2CCCCC2)Oc2ccccc2)c(=O)c1=O. The second-order valence-corrected chi connectivity index (χ2v) is 6.58. The van der Waals surface area contributed by atoms with E-state index >= 15 is 0 Å². The summed E-state index contributed by atoms with van der Waals surface area (Å²) in [4.78, 5) is 25.1. The number of nitrogens with two attached hydrogens (primary N) is 1. The lowest BCUT2D eigenvalue weighted by Gasteiger charge is -2.31. The molecule has 2 aromatic carbocycles. The minimum Gasteiger partial charge on any atom is -0.489 e. The number of ether oxygens (including phenoxy) is 1. The molecule has 134 valence electrons. The summed E-state index contributed by atoms with van der Waals surface area (Å²) >= 11 is 0. The van der Waals surface area contributed by atoms with E-state index in [2.05, 4.69) is 10.2 Å². The number of hydrogen-bond acceptors (Lipinski definition) is 6. The molecule has 0 spiro atoms. The molecular formula is C19H25N3O3. The second kappa shape index (κ2) is 8.16. The van der Waals surface area contributed by atoms with Crippen molar-refractivity contribution in [2.75, 3.05) is 37.2 Å². The number of benzene rings is 1. The van der Waals surface area contributed by atoms with Crippen molar-refractivity contribution < 1.29 is 4.74 Å². The predicted molar refractivity (Wildman–Crippen MR) is 100 cm³/mol. The zero-order valence-electron chi connectivity index (χ0n) is 14.4. The average molecular weight is 343 g/mol. The highest BCUT2D eigenvalue weighted by Gasteiger charge is 2.20. The number of hydrogen-bond donors (Lipinski definition) is 2. The van der Waals surface area contributed by atoms with Crippen LogP contribution >= 0.6 is 0 Å². The highest BCUT2D eigenvalue weighted by molar-refractivity contribution is 5.71. The van der Waals surface area contributed by atoms with Gasteiger partial charge in [0.15, 0.2) is 0 Å². The molecule has 1 fully saturated rings. The molecule has 2 aromatic rings. The van der Waals surface area contributed by atoms with E-state index in [0.29, 0.717) is 6.54 Å². The Kier molecular flexibility index (Phi) is 5.71. The molecule has 1 atom stereocenters. The van der Waals surface area contributed by atoms with E-state index in [4.69, 9.17) is 10.5 Å². The first-order chi connectivity index (χ1) is 12.1. The Hall–Kier alpha value is -2.34. The van der Waals surface area contributed by atoms with Crippen LogP contribution in [0.2, 0.25) is 0 Å². The van der Waals surface area contributed by atoms with Gasteiger partial charge in [-0.2, -0.15) is 0 Å². The summed E-state index contributed by atoms with van der Waals surface area (Å²) in [5.74, 6) is 0.845. The summed E-state index contributed by atoms with van der Waals surface area (Å²) < 4.78 is 6.14. The fraction of sp³-hybridized carbons (Fsp3) is 0.474. The normalized spacial score (nSPS) is 16.6. The zero-order chi connectivity index (χ0) is 17.6. The van der Waals surface area contributed by atoms with Crippen LogP contribution in [0, 0.1) is 0 Å². The summed E-state index contributed by atoms with van der Waals surface area (Å²) in [7, 11) is 0. The maximum Gasteiger partial charge on any atom is 0.253 e. The van der Waals surface area contributed by atoms with Crippen molar-refractivity contribution in [1.82, 2.24) is 4.90 Å². The maximum atomic E-state index is 11.5. The zero-order valence-corrected chi connectivity index (χ0v) is 14.4. The molecule has 0 aromatic heterocycles. The van der Waals surface area contributed by atoms with Crippen LogP contribution in [-0.4, -0.2) is 37.2 Å². The fourth-order valence-electron chi connectivity index (χ4n) is 3.25. The van der Waals surface area contributed by atoms with Crippen molar-refractivity contribution in [3.63, 3.8) is 0 Å². The van der Waals surface area contributed by atoms with Gasteiger partial charge in [0.1, 0.15) is 23.2 Å². The number of rotatable bonds is 8. The fourth-order valence-corrected chi connectivity index (χ4v) is 3.25. The topological polar surface area (TPSA) is 84.7 Å². The molecule has 0 amide bonds. The molecule has 1 aliphatic heterocycles. The van der Waals surface area contributed by atoms with Gasteiger partial charge < -0.3 is 15.8 Å². The van der Waals surface area contributed by atoms with Gasteiger partial charge in [0.05, 0.1) is 0 Å². The van der Waals surface area contributed by atoms with Crippen LogP contribution in [0.5, 0.6) is 5.75 Å². The highest BCUT2D eigenvalue weighted by Crippen LogP contribution is 2.17. The molecule has 1 saturated heterocycles. The smallest absolute Gasteiger partial charge is 0.253 e. The largest absolute Gasteiger partial charge is 0.489 e. The standard InChI is InChI=1S/C19H25N3O3/c20-16-17(19(24)18(16)23)21-10-9-15(13-22-11-5-2-6-12-22)25-14-7-3-1-4-8-14/h1,3-4,7-8,15,21H,2,5-6,9-13,20H2. The number of nitrogens with zero attached hydrogens (tertiary/aromatic N) is 1. The van der Waals surface area contributed by atoms with Gasteiger partial charge in [0.2, 0.25) is 0 Å². The Balaban J connectivity index is 1.57. The average Bonchev–Trinajstić information content (AvgIpc) is 2.66. The molecular weight excluding hydrogens is 318 g/mol. The molecule has 6 heteroatoms. The van der Waals surface area contributed by atoms with Gasteiger partial charge in [-0.1, -0.05) is 24.6 Å². The Morgan fingerprint density at radius 3 is 2.48 bits per heavy atom. The molecule has 1 heterocycles. The van der Waals surface area contributed by atoms with Crippen molar-refractivity contribution in [1.29, 1.82) is 0 Å². The van der Waals surface area contributed by atoms with E-state index in [1.165, 1.54) is 19.3 Å². The van der Waals surface area contributed by atoms with Crippen LogP contribution in [0.3, 0.4) is 0 Å². The van der Waals surface area contributed by atoms with E-state index in [-0.39, 0.29) is 17.5 Å². The molecule has 0 bridgehead atoms. The second-order valence-electron chi connectivity index (χ2n) is 6.58. The first kappa shape index (κ1) is 17.5. The summed E-state index contributed by atoms with van der Waals surface area (Å²) in [6, 6.07) is 9.77. The Morgan fingerprint density at radius 2 is 1.80 bits per heavy atom. The molecule has 0 radical (unpaired) electrons. The molecule has 1 aliphatic rings. The number of para-hydroxylation sites is 1. The molecule has 0 aliphatic carbocycles. The Labute approximate surface area is 147 Å². The lowest BCUT2D eigenvalue weighted by molar-refractivity contribution is 0.115. The summed E-state index contributed by atoms with van der Waals surface area (Å²) in [5.41, 5.74) is 4.74. The molecule has 3 rings (SSSR count). The lowest BCUT2D eigenvalue weighted by Crippen LogP contribution is -2.40. The molecule has 6 nitrogen and oxygen atoms in total. The molecule has 25 heavy (non-hydrogen) atoms. The summed E-state index contributed by atoms with van der Waals surface area (Å²) in [5, 5.41) is 2.99. The lowest BCUT2D eigenvalue weighted by atomic mass is 10.1. The van der Waals surface area contributed by atoms with Gasteiger partial charge in [-0.25, -0.2) is 0 Å². The monoisotopic (exact) mass is 343 g/mol. The van der Waals surface area contributed by atoms with E-state index in [1.54, 1.807) is 0 Å². The van der Waals surface area contributed by atoms with Crippen LogP contribution in [0.15, 0.2) is 39.9 Å². The minimum absolute atomic E-state index is 0.0145.